The number of aliphatic carboxylic acids is 1. The fraction of sp³-hybridized carbons (Fsp3) is 0.182. The molecule has 0 saturated heterocycles. The van der Waals surface area contributed by atoms with Gasteiger partial charge in [-0.3, -0.25) is 14.6 Å². The minimum atomic E-state index is -1.19. The maximum absolute atomic E-state index is 11.8. The molecule has 2 rings (SSSR count). The molecule has 16 heavy (non-hydrogen) atoms. The van der Waals surface area contributed by atoms with Gasteiger partial charge in [-0.1, -0.05) is 0 Å². The number of aliphatic imine (C=N–C) groups is 1. The molecule has 0 amide bonds. The Labute approximate surface area is 91.4 Å². The molecule has 1 unspecified atom stereocenters. The smallest absolute Gasteiger partial charge is 0.319 e. The van der Waals surface area contributed by atoms with E-state index in [1.807, 2.05) is 0 Å². The number of hydrogen-bond donors (Lipinski definition) is 1. The minimum Gasteiger partial charge on any atom is -0.497 e. The molecule has 0 saturated carbocycles. The zero-order valence-electron chi connectivity index (χ0n) is 8.51. The van der Waals surface area contributed by atoms with Crippen LogP contribution < -0.4 is 4.74 Å². The summed E-state index contributed by atoms with van der Waals surface area (Å²) in [5.74, 6) is -2.34. The summed E-state index contributed by atoms with van der Waals surface area (Å²) in [5, 5.41) is 8.82. The van der Waals surface area contributed by atoms with E-state index in [-0.39, 0.29) is 5.56 Å². The van der Waals surface area contributed by atoms with Crippen molar-refractivity contribution in [1.29, 1.82) is 0 Å². The van der Waals surface area contributed by atoms with Crippen LogP contribution in [0.2, 0.25) is 0 Å². The average Bonchev–Trinajstić information content (AvgIpc) is 2.28. The molecule has 1 aromatic rings. The molecule has 1 atom stereocenters. The highest BCUT2D eigenvalue weighted by Gasteiger charge is 2.30. The summed E-state index contributed by atoms with van der Waals surface area (Å²) in [6.07, 6.45) is 1.15. The van der Waals surface area contributed by atoms with E-state index in [4.69, 9.17) is 9.84 Å². The summed E-state index contributed by atoms with van der Waals surface area (Å²) < 4.78 is 4.97. The van der Waals surface area contributed by atoms with Gasteiger partial charge in [0.15, 0.2) is 11.7 Å². The first-order valence-corrected chi connectivity index (χ1v) is 4.62. The third-order valence-corrected chi connectivity index (χ3v) is 2.38. The van der Waals surface area contributed by atoms with Gasteiger partial charge in [0.2, 0.25) is 0 Å². The molecule has 5 heteroatoms. The van der Waals surface area contributed by atoms with E-state index in [1.54, 1.807) is 12.1 Å². The number of rotatable bonds is 2. The Bertz CT molecular complexity index is 493. The Morgan fingerprint density at radius 3 is 2.88 bits per heavy atom. The number of nitrogens with zero attached hydrogens (tertiary/aromatic N) is 1. The lowest BCUT2D eigenvalue weighted by atomic mass is 9.94. The van der Waals surface area contributed by atoms with Crippen molar-refractivity contribution in [2.75, 3.05) is 7.11 Å². The first-order chi connectivity index (χ1) is 7.63. The number of ketones is 1. The van der Waals surface area contributed by atoms with Gasteiger partial charge in [0.25, 0.3) is 0 Å². The number of Topliss-reactive ketones (excluding diaryl/α,β-unsaturated/α-hetero) is 1. The van der Waals surface area contributed by atoms with Gasteiger partial charge < -0.3 is 9.84 Å². The van der Waals surface area contributed by atoms with Crippen molar-refractivity contribution in [3.8, 4) is 5.75 Å². The Kier molecular flexibility index (Phi) is 2.44. The summed E-state index contributed by atoms with van der Waals surface area (Å²) in [4.78, 5) is 26.5. The van der Waals surface area contributed by atoms with Crippen LogP contribution >= 0.6 is 0 Å². The van der Waals surface area contributed by atoms with Gasteiger partial charge in [-0.25, -0.2) is 0 Å². The first kappa shape index (κ1) is 10.4. The van der Waals surface area contributed by atoms with Crippen molar-refractivity contribution < 1.29 is 19.4 Å². The van der Waals surface area contributed by atoms with Gasteiger partial charge in [-0.15, -0.1) is 0 Å². The third kappa shape index (κ3) is 1.56. The highest BCUT2D eigenvalue weighted by atomic mass is 16.5. The number of carbonyl (C=O) groups is 2. The molecular formula is C11H9NO4. The molecule has 82 valence electrons. The van der Waals surface area contributed by atoms with E-state index in [0.29, 0.717) is 11.4 Å². The van der Waals surface area contributed by atoms with E-state index in [1.165, 1.54) is 13.2 Å². The van der Waals surface area contributed by atoms with Gasteiger partial charge >= 0.3 is 5.97 Å². The summed E-state index contributed by atoms with van der Waals surface area (Å²) in [5.41, 5.74) is 0.762. The molecule has 0 spiro atoms. The van der Waals surface area contributed by atoms with Gasteiger partial charge in [-0.05, 0) is 18.2 Å². The summed E-state index contributed by atoms with van der Waals surface area (Å²) in [7, 11) is 1.48. The second kappa shape index (κ2) is 3.77. The van der Waals surface area contributed by atoms with Crippen LogP contribution in [0, 0.1) is 5.92 Å². The van der Waals surface area contributed by atoms with E-state index in [0.717, 1.165) is 6.21 Å². The van der Waals surface area contributed by atoms with Gasteiger partial charge in [-0.2, -0.15) is 0 Å². The standard InChI is InChI=1S/C11H9NO4/c1-16-6-2-3-9-7(4-6)10(13)8(5-12-9)11(14)15/h2-5,8H,1H3,(H,14,15). The lowest BCUT2D eigenvalue weighted by Gasteiger charge is -2.14. The molecule has 1 heterocycles. The second-order valence-electron chi connectivity index (χ2n) is 3.34. The molecule has 0 bridgehead atoms. The molecule has 1 aliphatic heterocycles. The topological polar surface area (TPSA) is 76.0 Å². The quantitative estimate of drug-likeness (QED) is 0.760. The average molecular weight is 219 g/mol. The van der Waals surface area contributed by atoms with E-state index in [2.05, 4.69) is 4.99 Å². The van der Waals surface area contributed by atoms with Crippen LogP contribution in [0.5, 0.6) is 5.75 Å². The van der Waals surface area contributed by atoms with Gasteiger partial charge in [0.1, 0.15) is 5.75 Å². The lowest BCUT2D eigenvalue weighted by Crippen LogP contribution is -2.27. The number of carboxylic acids is 1. The largest absolute Gasteiger partial charge is 0.497 e. The Balaban J connectivity index is 2.49. The summed E-state index contributed by atoms with van der Waals surface area (Å²) in [6.45, 7) is 0. The van der Waals surface area contributed by atoms with Crippen molar-refractivity contribution in [1.82, 2.24) is 0 Å². The highest BCUT2D eigenvalue weighted by Crippen LogP contribution is 2.29. The van der Waals surface area contributed by atoms with Crippen LogP contribution in [0.3, 0.4) is 0 Å². The summed E-state index contributed by atoms with van der Waals surface area (Å²) in [6, 6.07) is 4.80. The van der Waals surface area contributed by atoms with Crippen molar-refractivity contribution >= 4 is 23.7 Å². The second-order valence-corrected chi connectivity index (χ2v) is 3.34. The predicted octanol–water partition coefficient (Wildman–Crippen LogP) is 1.29. The number of benzene rings is 1. The number of hydrogen-bond acceptors (Lipinski definition) is 4. The normalized spacial score (nSPS) is 18.1. The molecule has 5 nitrogen and oxygen atoms in total. The van der Waals surface area contributed by atoms with Gasteiger partial charge in [0, 0.05) is 11.8 Å². The molecule has 1 aromatic carbocycles. The SMILES string of the molecule is COc1ccc2c(c1)C(=O)C(C(=O)O)C=N2. The molecule has 0 fully saturated rings. The van der Waals surface area contributed by atoms with Crippen molar-refractivity contribution in [3.63, 3.8) is 0 Å². The summed E-state index contributed by atoms with van der Waals surface area (Å²) >= 11 is 0. The number of carboxylic acid groups (broad SMARTS) is 1. The van der Waals surface area contributed by atoms with Crippen LogP contribution in [-0.4, -0.2) is 30.2 Å². The molecule has 0 aromatic heterocycles. The van der Waals surface area contributed by atoms with Crippen molar-refractivity contribution in [3.05, 3.63) is 23.8 Å². The van der Waals surface area contributed by atoms with Crippen molar-refractivity contribution in [2.24, 2.45) is 10.9 Å². The van der Waals surface area contributed by atoms with E-state index >= 15 is 0 Å². The zero-order valence-corrected chi connectivity index (χ0v) is 8.51. The van der Waals surface area contributed by atoms with Crippen LogP contribution in [0.1, 0.15) is 10.4 Å². The minimum absolute atomic E-state index is 0.286. The van der Waals surface area contributed by atoms with Crippen LogP contribution in [-0.2, 0) is 4.79 Å². The molecule has 0 aliphatic carbocycles. The number of ether oxygens (including phenoxy) is 1. The highest BCUT2D eigenvalue weighted by molar-refractivity contribution is 6.22. The molecule has 1 aliphatic rings. The maximum atomic E-state index is 11.8. The number of fused-ring (bicyclic) bond motifs is 1. The van der Waals surface area contributed by atoms with Gasteiger partial charge in [0.05, 0.1) is 12.8 Å². The predicted molar refractivity (Wildman–Crippen MR) is 56.6 cm³/mol. The maximum Gasteiger partial charge on any atom is 0.319 e. The van der Waals surface area contributed by atoms with Crippen LogP contribution in [0.25, 0.3) is 0 Å². The number of methoxy groups -OCH3 is 1. The van der Waals surface area contributed by atoms with Crippen molar-refractivity contribution in [2.45, 2.75) is 0 Å². The fourth-order valence-electron chi connectivity index (χ4n) is 1.52. The Hall–Kier alpha value is -2.17. The first-order valence-electron chi connectivity index (χ1n) is 4.62. The van der Waals surface area contributed by atoms with E-state index < -0.39 is 17.7 Å². The zero-order chi connectivity index (χ0) is 11.7. The monoisotopic (exact) mass is 219 g/mol. The van der Waals surface area contributed by atoms with E-state index in [9.17, 15) is 9.59 Å². The van der Waals surface area contributed by atoms with Crippen LogP contribution in [0.15, 0.2) is 23.2 Å². The van der Waals surface area contributed by atoms with Crippen LogP contribution in [0.4, 0.5) is 5.69 Å². The molecule has 1 N–H and O–H groups in total. The fourth-order valence-corrected chi connectivity index (χ4v) is 1.52. The Morgan fingerprint density at radius 1 is 1.50 bits per heavy atom. The molecule has 0 radical (unpaired) electrons. The lowest BCUT2D eigenvalue weighted by molar-refractivity contribution is -0.137. The molecular weight excluding hydrogens is 210 g/mol. The number of carbonyl (C=O) groups excluding carboxylic acids is 1. The third-order valence-electron chi connectivity index (χ3n) is 2.38. The Morgan fingerprint density at radius 2 is 2.25 bits per heavy atom.